The molecule has 0 bridgehead atoms. The number of amides is 1. The number of esters is 2. The molecular formula is C25H26N2O5S. The third-order valence-corrected chi connectivity index (χ3v) is 6.58. The molecule has 0 saturated carbocycles. The van der Waals surface area contributed by atoms with Gasteiger partial charge in [0.25, 0.3) is 5.91 Å². The molecule has 0 spiro atoms. The summed E-state index contributed by atoms with van der Waals surface area (Å²) in [5.74, 6) is -1.54. The number of thiophene rings is 1. The Morgan fingerprint density at radius 1 is 1.12 bits per heavy atom. The SMILES string of the molecule is Cc1cc(C(=O)OCC(=O)Nc2sc3c(c2C(=O)OC(C)C)CCCC3)c2ccccc2n1. The van der Waals surface area contributed by atoms with Gasteiger partial charge in [0, 0.05) is 16.0 Å². The van der Waals surface area contributed by atoms with Crippen LogP contribution in [0.3, 0.4) is 0 Å². The summed E-state index contributed by atoms with van der Waals surface area (Å²) >= 11 is 1.40. The molecule has 2 aromatic heterocycles. The molecule has 7 nitrogen and oxygen atoms in total. The lowest BCUT2D eigenvalue weighted by Crippen LogP contribution is -2.22. The number of hydrogen-bond donors (Lipinski definition) is 1. The molecule has 1 aliphatic carbocycles. The molecule has 0 atom stereocenters. The standard InChI is InChI=1S/C25H26N2O5S/c1-14(2)32-25(30)22-17-9-5-7-11-20(17)33-23(22)27-21(28)13-31-24(29)18-12-15(3)26-19-10-6-4-8-16(18)19/h4,6,8,10,12,14H,5,7,9,11,13H2,1-3H3,(H,27,28). The topological polar surface area (TPSA) is 94.6 Å². The average Bonchev–Trinajstić information content (AvgIpc) is 3.14. The molecule has 1 N–H and O–H groups in total. The zero-order valence-electron chi connectivity index (χ0n) is 18.9. The average molecular weight is 467 g/mol. The molecule has 0 saturated heterocycles. The Bertz CT molecular complexity index is 1230. The van der Waals surface area contributed by atoms with Crippen molar-refractivity contribution < 1.29 is 23.9 Å². The van der Waals surface area contributed by atoms with Gasteiger partial charge in [0.15, 0.2) is 6.61 Å². The van der Waals surface area contributed by atoms with Crippen LogP contribution in [0.15, 0.2) is 30.3 Å². The molecule has 0 aliphatic heterocycles. The number of nitrogens with one attached hydrogen (secondary N) is 1. The van der Waals surface area contributed by atoms with Gasteiger partial charge < -0.3 is 14.8 Å². The summed E-state index contributed by atoms with van der Waals surface area (Å²) in [5, 5.41) is 3.89. The van der Waals surface area contributed by atoms with Gasteiger partial charge in [-0.3, -0.25) is 9.78 Å². The minimum absolute atomic E-state index is 0.264. The number of hydrogen-bond acceptors (Lipinski definition) is 7. The van der Waals surface area contributed by atoms with Crippen LogP contribution in [0.2, 0.25) is 0 Å². The highest BCUT2D eigenvalue weighted by Gasteiger charge is 2.28. The molecule has 1 aliphatic rings. The highest BCUT2D eigenvalue weighted by atomic mass is 32.1. The van der Waals surface area contributed by atoms with Crippen LogP contribution in [0.5, 0.6) is 0 Å². The molecular weight excluding hydrogens is 440 g/mol. The highest BCUT2D eigenvalue weighted by molar-refractivity contribution is 7.17. The van der Waals surface area contributed by atoms with E-state index in [1.165, 1.54) is 11.3 Å². The predicted octanol–water partition coefficient (Wildman–Crippen LogP) is 4.84. The number of aromatic nitrogens is 1. The largest absolute Gasteiger partial charge is 0.459 e. The molecule has 172 valence electrons. The van der Waals surface area contributed by atoms with Gasteiger partial charge in [-0.05, 0) is 64.2 Å². The van der Waals surface area contributed by atoms with E-state index in [4.69, 9.17) is 9.47 Å². The van der Waals surface area contributed by atoms with Crippen LogP contribution in [0.1, 0.15) is 63.5 Å². The van der Waals surface area contributed by atoms with Crippen LogP contribution in [0.4, 0.5) is 5.00 Å². The Balaban J connectivity index is 1.49. The highest BCUT2D eigenvalue weighted by Crippen LogP contribution is 2.38. The first kappa shape index (κ1) is 22.9. The summed E-state index contributed by atoms with van der Waals surface area (Å²) in [4.78, 5) is 43.6. The smallest absolute Gasteiger partial charge is 0.341 e. The van der Waals surface area contributed by atoms with Crippen molar-refractivity contribution >= 4 is 45.1 Å². The summed E-state index contributed by atoms with van der Waals surface area (Å²) in [6.45, 7) is 4.92. The zero-order chi connectivity index (χ0) is 23.5. The fourth-order valence-corrected chi connectivity index (χ4v) is 5.28. The summed E-state index contributed by atoms with van der Waals surface area (Å²) < 4.78 is 10.7. The molecule has 33 heavy (non-hydrogen) atoms. The molecule has 0 unspecified atom stereocenters. The number of ether oxygens (including phenoxy) is 2. The van der Waals surface area contributed by atoms with Crippen molar-refractivity contribution in [2.75, 3.05) is 11.9 Å². The maximum Gasteiger partial charge on any atom is 0.341 e. The van der Waals surface area contributed by atoms with E-state index in [9.17, 15) is 14.4 Å². The fraction of sp³-hybridized carbons (Fsp3) is 0.360. The molecule has 2 heterocycles. The maximum absolute atomic E-state index is 12.7. The molecule has 0 fully saturated rings. The van der Waals surface area contributed by atoms with Gasteiger partial charge in [-0.1, -0.05) is 18.2 Å². The minimum atomic E-state index is -0.600. The first-order valence-electron chi connectivity index (χ1n) is 11.0. The number of para-hydroxylation sites is 1. The van der Waals surface area contributed by atoms with E-state index in [1.807, 2.05) is 18.2 Å². The van der Waals surface area contributed by atoms with E-state index in [2.05, 4.69) is 10.3 Å². The lowest BCUT2D eigenvalue weighted by atomic mass is 9.95. The normalized spacial score (nSPS) is 13.0. The quantitative estimate of drug-likeness (QED) is 0.522. The lowest BCUT2D eigenvalue weighted by Gasteiger charge is -2.14. The first-order chi connectivity index (χ1) is 15.8. The first-order valence-corrected chi connectivity index (χ1v) is 11.8. The lowest BCUT2D eigenvalue weighted by molar-refractivity contribution is -0.119. The van der Waals surface area contributed by atoms with Gasteiger partial charge >= 0.3 is 11.9 Å². The van der Waals surface area contributed by atoms with E-state index in [-0.39, 0.29) is 6.10 Å². The molecule has 4 rings (SSSR count). The van der Waals surface area contributed by atoms with Crippen molar-refractivity contribution in [1.29, 1.82) is 0 Å². The number of aryl methyl sites for hydroxylation is 2. The van der Waals surface area contributed by atoms with Crippen LogP contribution in [-0.4, -0.2) is 35.5 Å². The van der Waals surface area contributed by atoms with Gasteiger partial charge in [-0.2, -0.15) is 0 Å². The molecule has 1 amide bonds. The van der Waals surface area contributed by atoms with Crippen LogP contribution in [0, 0.1) is 6.92 Å². The van der Waals surface area contributed by atoms with Gasteiger partial charge in [0.05, 0.1) is 22.7 Å². The monoisotopic (exact) mass is 466 g/mol. The minimum Gasteiger partial charge on any atom is -0.459 e. The summed E-state index contributed by atoms with van der Waals surface area (Å²) in [5.41, 5.74) is 3.12. The van der Waals surface area contributed by atoms with E-state index in [0.29, 0.717) is 32.7 Å². The fourth-order valence-electron chi connectivity index (χ4n) is 3.99. The van der Waals surface area contributed by atoms with Gasteiger partial charge in [-0.15, -0.1) is 11.3 Å². The van der Waals surface area contributed by atoms with Gasteiger partial charge in [0.1, 0.15) is 5.00 Å². The second kappa shape index (κ2) is 9.70. The second-order valence-corrected chi connectivity index (χ2v) is 9.43. The number of pyridine rings is 1. The van der Waals surface area contributed by atoms with Crippen LogP contribution in [-0.2, 0) is 27.1 Å². The third kappa shape index (κ3) is 5.06. The molecule has 3 aromatic rings. The Kier molecular flexibility index (Phi) is 6.74. The number of nitrogens with zero attached hydrogens (tertiary/aromatic N) is 1. The van der Waals surface area contributed by atoms with Crippen molar-refractivity contribution in [3.63, 3.8) is 0 Å². The van der Waals surface area contributed by atoms with Crippen LogP contribution >= 0.6 is 11.3 Å². The van der Waals surface area contributed by atoms with Crippen LogP contribution in [0.25, 0.3) is 10.9 Å². The van der Waals surface area contributed by atoms with Crippen molar-refractivity contribution in [2.24, 2.45) is 0 Å². The van der Waals surface area contributed by atoms with Crippen molar-refractivity contribution in [3.05, 3.63) is 57.6 Å². The van der Waals surface area contributed by atoms with E-state index in [0.717, 1.165) is 36.1 Å². The zero-order valence-corrected chi connectivity index (χ0v) is 19.7. The Morgan fingerprint density at radius 2 is 1.88 bits per heavy atom. The van der Waals surface area contributed by atoms with Gasteiger partial charge in [-0.25, -0.2) is 9.59 Å². The Hall–Kier alpha value is -3.26. The number of fused-ring (bicyclic) bond motifs is 2. The van der Waals surface area contributed by atoms with Crippen molar-refractivity contribution in [1.82, 2.24) is 4.98 Å². The van der Waals surface area contributed by atoms with Crippen molar-refractivity contribution in [3.8, 4) is 0 Å². The summed E-state index contributed by atoms with van der Waals surface area (Å²) in [7, 11) is 0. The number of carbonyl (C=O) groups is 3. The molecule has 1 aromatic carbocycles. The van der Waals surface area contributed by atoms with E-state index >= 15 is 0 Å². The molecule has 0 radical (unpaired) electrons. The van der Waals surface area contributed by atoms with E-state index < -0.39 is 24.5 Å². The number of rotatable bonds is 6. The predicted molar refractivity (Wildman–Crippen MR) is 127 cm³/mol. The number of anilines is 1. The number of carbonyl (C=O) groups excluding carboxylic acids is 3. The van der Waals surface area contributed by atoms with E-state index in [1.54, 1.807) is 32.9 Å². The Labute approximate surface area is 196 Å². The second-order valence-electron chi connectivity index (χ2n) is 8.32. The summed E-state index contributed by atoms with van der Waals surface area (Å²) in [6.07, 6.45) is 3.45. The van der Waals surface area contributed by atoms with Crippen molar-refractivity contribution in [2.45, 2.75) is 52.6 Å². The van der Waals surface area contributed by atoms with Gasteiger partial charge in [0.2, 0.25) is 0 Å². The number of benzene rings is 1. The molecule has 8 heteroatoms. The third-order valence-electron chi connectivity index (χ3n) is 5.37. The van der Waals surface area contributed by atoms with Crippen LogP contribution < -0.4 is 5.32 Å². The summed E-state index contributed by atoms with van der Waals surface area (Å²) in [6, 6.07) is 8.93. The Morgan fingerprint density at radius 3 is 2.67 bits per heavy atom. The maximum atomic E-state index is 12.7.